The lowest BCUT2D eigenvalue weighted by molar-refractivity contribution is 0.305. The van der Waals surface area contributed by atoms with Crippen LogP contribution < -0.4 is 14.4 Å². The van der Waals surface area contributed by atoms with Crippen LogP contribution in [0.2, 0.25) is 0 Å². The van der Waals surface area contributed by atoms with E-state index in [9.17, 15) is 5.11 Å². The molecule has 0 radical (unpaired) electrons. The van der Waals surface area contributed by atoms with Gasteiger partial charge >= 0.3 is 0 Å². The highest BCUT2D eigenvalue weighted by Crippen LogP contribution is 2.32. The van der Waals surface area contributed by atoms with Crippen LogP contribution in [0.1, 0.15) is 0 Å². The van der Waals surface area contributed by atoms with E-state index in [2.05, 4.69) is 15.1 Å². The molecule has 9 nitrogen and oxygen atoms in total. The Balaban J connectivity index is 1.78. The SMILES string of the molecule is COc1cc(OC)cc(N(CCO)c2ccc3ncc(-c4cnn(C)c4)nc3n2)c1. The Kier molecular flexibility index (Phi) is 5.44. The van der Waals surface area contributed by atoms with E-state index in [0.717, 1.165) is 11.3 Å². The van der Waals surface area contributed by atoms with E-state index < -0.39 is 0 Å². The van der Waals surface area contributed by atoms with Crippen molar-refractivity contribution in [1.82, 2.24) is 24.7 Å². The number of pyridine rings is 1. The van der Waals surface area contributed by atoms with Crippen LogP contribution in [0.3, 0.4) is 0 Å². The highest BCUT2D eigenvalue weighted by Gasteiger charge is 2.15. The molecule has 154 valence electrons. The Morgan fingerprint density at radius 1 is 1.03 bits per heavy atom. The molecule has 0 bridgehead atoms. The van der Waals surface area contributed by atoms with Crippen molar-refractivity contribution in [1.29, 1.82) is 0 Å². The maximum absolute atomic E-state index is 9.65. The van der Waals surface area contributed by atoms with Gasteiger partial charge in [0.15, 0.2) is 5.65 Å². The number of aliphatic hydroxyl groups is 1. The minimum absolute atomic E-state index is 0.0549. The van der Waals surface area contributed by atoms with E-state index in [-0.39, 0.29) is 6.61 Å². The molecule has 0 fully saturated rings. The molecule has 0 spiro atoms. The number of ether oxygens (including phenoxy) is 2. The minimum atomic E-state index is -0.0549. The zero-order valence-electron chi connectivity index (χ0n) is 17.0. The lowest BCUT2D eigenvalue weighted by Gasteiger charge is -2.24. The predicted octanol–water partition coefficient (Wildman–Crippen LogP) is 2.57. The zero-order chi connectivity index (χ0) is 21.1. The highest BCUT2D eigenvalue weighted by atomic mass is 16.5. The highest BCUT2D eigenvalue weighted by molar-refractivity contribution is 5.77. The summed E-state index contributed by atoms with van der Waals surface area (Å²) in [4.78, 5) is 15.7. The first-order valence-corrected chi connectivity index (χ1v) is 9.35. The minimum Gasteiger partial charge on any atom is -0.497 e. The van der Waals surface area contributed by atoms with Crippen molar-refractivity contribution in [3.05, 3.63) is 48.9 Å². The van der Waals surface area contributed by atoms with Crippen molar-refractivity contribution in [2.24, 2.45) is 7.05 Å². The second kappa shape index (κ2) is 8.34. The fourth-order valence-electron chi connectivity index (χ4n) is 3.15. The lowest BCUT2D eigenvalue weighted by Crippen LogP contribution is -2.22. The molecule has 0 unspecified atom stereocenters. The number of nitrogens with zero attached hydrogens (tertiary/aromatic N) is 6. The molecule has 4 aromatic rings. The van der Waals surface area contributed by atoms with Gasteiger partial charge in [0.1, 0.15) is 22.8 Å². The molecular weight excluding hydrogens is 384 g/mol. The van der Waals surface area contributed by atoms with E-state index in [0.29, 0.717) is 40.7 Å². The molecule has 0 saturated carbocycles. The maximum atomic E-state index is 9.65. The predicted molar refractivity (Wildman–Crippen MR) is 113 cm³/mol. The van der Waals surface area contributed by atoms with Gasteiger partial charge in [-0.2, -0.15) is 5.10 Å². The van der Waals surface area contributed by atoms with Gasteiger partial charge in [0, 0.05) is 49.2 Å². The van der Waals surface area contributed by atoms with Crippen molar-refractivity contribution in [3.8, 4) is 22.8 Å². The molecule has 3 heterocycles. The molecule has 0 saturated heterocycles. The number of hydrogen-bond acceptors (Lipinski definition) is 8. The number of aliphatic hydroxyl groups excluding tert-OH is 1. The molecule has 0 aliphatic rings. The average Bonchev–Trinajstić information content (AvgIpc) is 3.22. The van der Waals surface area contributed by atoms with E-state index in [4.69, 9.17) is 14.5 Å². The molecule has 1 aromatic carbocycles. The normalized spacial score (nSPS) is 10.9. The monoisotopic (exact) mass is 406 g/mol. The van der Waals surface area contributed by atoms with E-state index in [1.165, 1.54) is 0 Å². The van der Waals surface area contributed by atoms with E-state index in [1.54, 1.807) is 37.4 Å². The van der Waals surface area contributed by atoms with Crippen molar-refractivity contribution in [2.75, 3.05) is 32.3 Å². The van der Waals surface area contributed by atoms with Crippen molar-refractivity contribution in [3.63, 3.8) is 0 Å². The van der Waals surface area contributed by atoms with Gasteiger partial charge in [-0.05, 0) is 12.1 Å². The van der Waals surface area contributed by atoms with Crippen LogP contribution in [0.15, 0.2) is 48.9 Å². The van der Waals surface area contributed by atoms with Gasteiger partial charge in [0.2, 0.25) is 0 Å². The third-order valence-corrected chi connectivity index (χ3v) is 4.64. The summed E-state index contributed by atoms with van der Waals surface area (Å²) in [5.74, 6) is 1.92. The second-order valence-corrected chi connectivity index (χ2v) is 6.62. The first-order chi connectivity index (χ1) is 14.6. The molecule has 0 aliphatic carbocycles. The van der Waals surface area contributed by atoms with Crippen LogP contribution in [0.25, 0.3) is 22.4 Å². The summed E-state index contributed by atoms with van der Waals surface area (Å²) in [5, 5.41) is 13.8. The molecular formula is C21H22N6O3. The topological polar surface area (TPSA) is 98.4 Å². The Bertz CT molecular complexity index is 1150. The first-order valence-electron chi connectivity index (χ1n) is 9.35. The summed E-state index contributed by atoms with van der Waals surface area (Å²) in [6.07, 6.45) is 5.32. The first kappa shape index (κ1) is 19.6. The Morgan fingerprint density at radius 2 is 1.80 bits per heavy atom. The summed E-state index contributed by atoms with van der Waals surface area (Å²) >= 11 is 0. The summed E-state index contributed by atoms with van der Waals surface area (Å²) in [6, 6.07) is 9.23. The number of methoxy groups -OCH3 is 2. The maximum Gasteiger partial charge on any atom is 0.180 e. The van der Waals surface area contributed by atoms with Crippen LogP contribution in [-0.2, 0) is 7.05 Å². The Labute approximate surface area is 173 Å². The van der Waals surface area contributed by atoms with E-state index >= 15 is 0 Å². The van der Waals surface area contributed by atoms with Gasteiger partial charge in [0.05, 0.1) is 38.9 Å². The largest absolute Gasteiger partial charge is 0.497 e. The van der Waals surface area contributed by atoms with Gasteiger partial charge < -0.3 is 19.5 Å². The number of aromatic nitrogens is 5. The third-order valence-electron chi connectivity index (χ3n) is 4.64. The van der Waals surface area contributed by atoms with Gasteiger partial charge in [-0.3, -0.25) is 9.67 Å². The van der Waals surface area contributed by atoms with Gasteiger partial charge in [-0.1, -0.05) is 0 Å². The van der Waals surface area contributed by atoms with Crippen molar-refractivity contribution >= 4 is 22.7 Å². The van der Waals surface area contributed by atoms with Crippen molar-refractivity contribution in [2.45, 2.75) is 0 Å². The summed E-state index contributed by atoms with van der Waals surface area (Å²) in [6.45, 7) is 0.283. The smallest absolute Gasteiger partial charge is 0.180 e. The molecule has 4 rings (SSSR count). The number of fused-ring (bicyclic) bond motifs is 1. The summed E-state index contributed by atoms with van der Waals surface area (Å²) in [5.41, 5.74) is 3.52. The van der Waals surface area contributed by atoms with Crippen LogP contribution in [-0.4, -0.2) is 57.2 Å². The van der Waals surface area contributed by atoms with Crippen molar-refractivity contribution < 1.29 is 14.6 Å². The molecule has 3 aromatic heterocycles. The second-order valence-electron chi connectivity index (χ2n) is 6.62. The zero-order valence-corrected chi connectivity index (χ0v) is 17.0. The van der Waals surface area contributed by atoms with Gasteiger partial charge in [-0.15, -0.1) is 0 Å². The molecule has 1 N–H and O–H groups in total. The van der Waals surface area contributed by atoms with Crippen LogP contribution in [0.4, 0.5) is 11.5 Å². The number of rotatable bonds is 7. The molecule has 0 amide bonds. The average molecular weight is 406 g/mol. The molecule has 30 heavy (non-hydrogen) atoms. The third kappa shape index (κ3) is 3.87. The number of aryl methyl sites for hydroxylation is 1. The van der Waals surface area contributed by atoms with Gasteiger partial charge in [-0.25, -0.2) is 9.97 Å². The molecule has 0 aliphatic heterocycles. The molecule has 0 atom stereocenters. The summed E-state index contributed by atoms with van der Waals surface area (Å²) in [7, 11) is 5.04. The van der Waals surface area contributed by atoms with Crippen LogP contribution in [0.5, 0.6) is 11.5 Å². The van der Waals surface area contributed by atoms with Gasteiger partial charge in [0.25, 0.3) is 0 Å². The number of benzene rings is 1. The fraction of sp³-hybridized carbons (Fsp3) is 0.238. The number of anilines is 2. The fourth-order valence-corrected chi connectivity index (χ4v) is 3.15. The Morgan fingerprint density at radius 3 is 2.43 bits per heavy atom. The summed E-state index contributed by atoms with van der Waals surface area (Å²) < 4.78 is 12.5. The Hall–Kier alpha value is -3.72. The van der Waals surface area contributed by atoms with Crippen LogP contribution >= 0.6 is 0 Å². The van der Waals surface area contributed by atoms with Crippen LogP contribution in [0, 0.1) is 0 Å². The standard InChI is InChI=1S/C21H22N6O3/c1-26-13-14(11-23-26)19-12-22-18-4-5-20(25-21(18)24-19)27(6-7-28)15-8-16(29-2)10-17(9-15)30-3/h4-5,8-13,28H,6-7H2,1-3H3. The molecule has 9 heteroatoms. The number of hydrogen-bond donors (Lipinski definition) is 1. The quantitative estimate of drug-likeness (QED) is 0.500. The van der Waals surface area contributed by atoms with E-state index in [1.807, 2.05) is 42.4 Å². The lowest BCUT2D eigenvalue weighted by atomic mass is 10.2.